The molecule has 110 valence electrons. The molecule has 1 aliphatic heterocycles. The Labute approximate surface area is 130 Å². The van der Waals surface area contributed by atoms with Crippen molar-refractivity contribution >= 4 is 39.3 Å². The van der Waals surface area contributed by atoms with Crippen molar-refractivity contribution < 1.29 is 14.7 Å². The first-order valence-corrected chi connectivity index (χ1v) is 8.15. The number of halogens is 1. The van der Waals surface area contributed by atoms with Gasteiger partial charge in [0.05, 0.1) is 6.54 Å². The summed E-state index contributed by atoms with van der Waals surface area (Å²) >= 11 is 4.96. The minimum atomic E-state index is -0.927. The summed E-state index contributed by atoms with van der Waals surface area (Å²) in [5.74, 6) is -0.587. The van der Waals surface area contributed by atoms with Gasteiger partial charge in [-0.05, 0) is 46.1 Å². The highest BCUT2D eigenvalue weighted by molar-refractivity contribution is 9.10. The van der Waals surface area contributed by atoms with Crippen LogP contribution in [0.5, 0.6) is 0 Å². The van der Waals surface area contributed by atoms with Gasteiger partial charge in [-0.25, -0.2) is 9.59 Å². The molecular formula is C13H17BrN2O3S. The van der Waals surface area contributed by atoms with Gasteiger partial charge in [0.2, 0.25) is 0 Å². The quantitative estimate of drug-likeness (QED) is 0.870. The van der Waals surface area contributed by atoms with E-state index >= 15 is 0 Å². The average Bonchev–Trinajstić information content (AvgIpc) is 2.81. The molecule has 0 saturated carbocycles. The molecule has 2 rings (SSSR count). The van der Waals surface area contributed by atoms with E-state index in [2.05, 4.69) is 21.2 Å². The highest BCUT2D eigenvalue weighted by Crippen LogP contribution is 2.24. The summed E-state index contributed by atoms with van der Waals surface area (Å²) in [5.41, 5.74) is 0. The van der Waals surface area contributed by atoms with E-state index in [0.717, 1.165) is 15.8 Å². The number of likely N-dealkylation sites (tertiary alicyclic amines) is 1. The molecule has 1 saturated heterocycles. The van der Waals surface area contributed by atoms with Gasteiger partial charge in [-0.15, -0.1) is 11.3 Å². The Bertz CT molecular complexity index is 506. The Balaban J connectivity index is 1.96. The smallest absolute Gasteiger partial charge is 0.326 e. The van der Waals surface area contributed by atoms with E-state index in [1.165, 1.54) is 4.90 Å². The third-order valence-electron chi connectivity index (χ3n) is 3.50. The first kappa shape index (κ1) is 15.3. The minimum absolute atomic E-state index is 0.301. The largest absolute Gasteiger partial charge is 0.480 e. The first-order chi connectivity index (χ1) is 9.49. The topological polar surface area (TPSA) is 69.6 Å². The predicted molar refractivity (Wildman–Crippen MR) is 80.8 cm³/mol. The van der Waals surface area contributed by atoms with Gasteiger partial charge in [-0.2, -0.15) is 0 Å². The summed E-state index contributed by atoms with van der Waals surface area (Å²) in [6.07, 6.45) is 1.37. The second kappa shape index (κ2) is 6.58. The number of carboxylic acids is 1. The number of carbonyl (C=O) groups is 2. The minimum Gasteiger partial charge on any atom is -0.480 e. The van der Waals surface area contributed by atoms with Gasteiger partial charge in [0, 0.05) is 15.9 Å². The van der Waals surface area contributed by atoms with Crippen molar-refractivity contribution in [2.75, 3.05) is 6.54 Å². The van der Waals surface area contributed by atoms with Crippen LogP contribution in [0.1, 0.15) is 24.6 Å². The lowest BCUT2D eigenvalue weighted by atomic mass is 9.93. The highest BCUT2D eigenvalue weighted by Gasteiger charge is 2.34. The summed E-state index contributed by atoms with van der Waals surface area (Å²) < 4.78 is 0.963. The number of carbonyl (C=O) groups excluding carboxylic acids is 1. The molecule has 20 heavy (non-hydrogen) atoms. The molecule has 1 aromatic rings. The van der Waals surface area contributed by atoms with E-state index in [1.807, 2.05) is 18.4 Å². The third-order valence-corrected chi connectivity index (χ3v) is 5.43. The van der Waals surface area contributed by atoms with Crippen molar-refractivity contribution in [3.63, 3.8) is 0 Å². The van der Waals surface area contributed by atoms with E-state index in [1.54, 1.807) is 11.3 Å². The number of aliphatic carboxylic acids is 1. The first-order valence-electron chi connectivity index (χ1n) is 6.48. The fourth-order valence-corrected chi connectivity index (χ4v) is 3.76. The molecule has 0 bridgehead atoms. The van der Waals surface area contributed by atoms with Crippen molar-refractivity contribution in [2.45, 2.75) is 32.4 Å². The van der Waals surface area contributed by atoms with E-state index in [4.69, 9.17) is 0 Å². The number of piperidine rings is 1. The Morgan fingerprint density at radius 3 is 2.95 bits per heavy atom. The van der Waals surface area contributed by atoms with Crippen molar-refractivity contribution in [1.29, 1.82) is 0 Å². The lowest BCUT2D eigenvalue weighted by Crippen LogP contribution is -2.53. The fraction of sp³-hybridized carbons (Fsp3) is 0.538. The maximum Gasteiger partial charge on any atom is 0.326 e. The number of amides is 2. The number of hydrogen-bond acceptors (Lipinski definition) is 3. The Hall–Kier alpha value is -1.08. The van der Waals surface area contributed by atoms with Crippen LogP contribution in [0.3, 0.4) is 0 Å². The zero-order chi connectivity index (χ0) is 14.7. The number of rotatable bonds is 3. The van der Waals surface area contributed by atoms with Crippen LogP contribution >= 0.6 is 27.3 Å². The molecule has 2 atom stereocenters. The molecule has 2 N–H and O–H groups in total. The van der Waals surface area contributed by atoms with Crippen LogP contribution in [-0.4, -0.2) is 34.6 Å². The summed E-state index contributed by atoms with van der Waals surface area (Å²) in [4.78, 5) is 25.9. The molecule has 0 spiro atoms. The predicted octanol–water partition coefficient (Wildman–Crippen LogP) is 2.91. The van der Waals surface area contributed by atoms with Crippen LogP contribution in [0.4, 0.5) is 4.79 Å². The molecule has 2 amide bonds. The molecule has 0 aromatic carbocycles. The van der Waals surface area contributed by atoms with Crippen LogP contribution in [0, 0.1) is 5.92 Å². The number of carboxylic acid groups (broad SMARTS) is 1. The van der Waals surface area contributed by atoms with Gasteiger partial charge in [-0.3, -0.25) is 0 Å². The van der Waals surface area contributed by atoms with Crippen LogP contribution in [0.2, 0.25) is 0 Å². The molecule has 1 aliphatic rings. The van der Waals surface area contributed by atoms with E-state index in [0.29, 0.717) is 25.4 Å². The second-order valence-corrected chi connectivity index (χ2v) is 6.88. The summed E-state index contributed by atoms with van der Waals surface area (Å²) in [6, 6.07) is 0.907. The standard InChI is InChI=1S/C13H17BrN2O3S/c1-8-2-4-16(10(6-8)12(17)18)13(19)15-7-11-9(14)3-5-20-11/h3,5,8,10H,2,4,6-7H2,1H3,(H,15,19)(H,17,18). The molecule has 0 radical (unpaired) electrons. The highest BCUT2D eigenvalue weighted by atomic mass is 79.9. The second-order valence-electron chi connectivity index (χ2n) is 5.03. The average molecular weight is 361 g/mol. The third kappa shape index (κ3) is 3.52. The summed E-state index contributed by atoms with van der Waals surface area (Å²) in [7, 11) is 0. The van der Waals surface area contributed by atoms with Crippen molar-refractivity contribution in [2.24, 2.45) is 5.92 Å². The van der Waals surface area contributed by atoms with Crippen molar-refractivity contribution in [3.8, 4) is 0 Å². The number of urea groups is 1. The maximum absolute atomic E-state index is 12.2. The number of thiophene rings is 1. The SMILES string of the molecule is CC1CCN(C(=O)NCc2sccc2Br)C(C(=O)O)C1. The van der Waals surface area contributed by atoms with E-state index in [-0.39, 0.29) is 6.03 Å². The normalized spacial score (nSPS) is 22.6. The number of nitrogens with one attached hydrogen (secondary N) is 1. The molecule has 1 fully saturated rings. The molecule has 5 nitrogen and oxygen atoms in total. The van der Waals surface area contributed by atoms with Gasteiger partial charge in [-0.1, -0.05) is 6.92 Å². The van der Waals surface area contributed by atoms with Crippen LogP contribution in [-0.2, 0) is 11.3 Å². The lowest BCUT2D eigenvalue weighted by Gasteiger charge is -2.35. The molecule has 2 unspecified atom stereocenters. The lowest BCUT2D eigenvalue weighted by molar-refractivity contribution is -0.143. The van der Waals surface area contributed by atoms with Crippen molar-refractivity contribution in [1.82, 2.24) is 10.2 Å². The summed E-state index contributed by atoms with van der Waals surface area (Å²) in [6.45, 7) is 2.93. The van der Waals surface area contributed by atoms with Gasteiger partial charge in [0.25, 0.3) is 0 Å². The molecular weight excluding hydrogens is 344 g/mol. The van der Waals surface area contributed by atoms with Gasteiger partial charge in [0.1, 0.15) is 6.04 Å². The maximum atomic E-state index is 12.2. The van der Waals surface area contributed by atoms with Crippen LogP contribution in [0.15, 0.2) is 15.9 Å². The Morgan fingerprint density at radius 1 is 1.60 bits per heavy atom. The van der Waals surface area contributed by atoms with E-state index < -0.39 is 12.0 Å². The van der Waals surface area contributed by atoms with E-state index in [9.17, 15) is 14.7 Å². The fourth-order valence-electron chi connectivity index (χ4n) is 2.33. The monoisotopic (exact) mass is 360 g/mol. The Morgan fingerprint density at radius 2 is 2.35 bits per heavy atom. The van der Waals surface area contributed by atoms with Crippen molar-refractivity contribution in [3.05, 3.63) is 20.8 Å². The van der Waals surface area contributed by atoms with Gasteiger partial charge < -0.3 is 15.3 Å². The zero-order valence-electron chi connectivity index (χ0n) is 11.1. The van der Waals surface area contributed by atoms with Gasteiger partial charge in [0.15, 0.2) is 0 Å². The molecule has 7 heteroatoms. The Kier molecular flexibility index (Phi) is 5.04. The van der Waals surface area contributed by atoms with Crippen LogP contribution in [0.25, 0.3) is 0 Å². The molecule has 1 aromatic heterocycles. The number of hydrogen-bond donors (Lipinski definition) is 2. The van der Waals surface area contributed by atoms with Gasteiger partial charge >= 0.3 is 12.0 Å². The molecule has 0 aliphatic carbocycles. The van der Waals surface area contributed by atoms with Crippen LogP contribution < -0.4 is 5.32 Å². The summed E-state index contributed by atoms with van der Waals surface area (Å²) in [5, 5.41) is 14.0. The molecule has 2 heterocycles. The number of nitrogens with zero attached hydrogens (tertiary/aromatic N) is 1. The zero-order valence-corrected chi connectivity index (χ0v) is 13.5.